The van der Waals surface area contributed by atoms with Crippen LogP contribution < -0.4 is 25.1 Å². The van der Waals surface area contributed by atoms with Gasteiger partial charge in [-0.3, -0.25) is 4.79 Å². The van der Waals surface area contributed by atoms with E-state index in [1.807, 2.05) is 0 Å². The van der Waals surface area contributed by atoms with Crippen molar-refractivity contribution in [2.75, 3.05) is 19.5 Å². The van der Waals surface area contributed by atoms with Gasteiger partial charge in [0, 0.05) is 11.8 Å². The average Bonchev–Trinajstić information content (AvgIpc) is 2.87. The normalized spacial score (nSPS) is 10.4. The molecule has 0 unspecified atom stereocenters. The number of carbonyl (C=O) groups is 1. The Morgan fingerprint density at radius 2 is 1.59 bits per heavy atom. The van der Waals surface area contributed by atoms with Crippen molar-refractivity contribution in [1.82, 2.24) is 9.78 Å². The number of hydrogen-bond acceptors (Lipinski definition) is 7. The summed E-state index contributed by atoms with van der Waals surface area (Å²) in [5.41, 5.74) is 0.821. The summed E-state index contributed by atoms with van der Waals surface area (Å²) in [5, 5.41) is 16.5. The van der Waals surface area contributed by atoms with Gasteiger partial charge in [-0.25, -0.2) is 4.79 Å². The van der Waals surface area contributed by atoms with Crippen molar-refractivity contribution in [1.29, 1.82) is 0 Å². The first-order chi connectivity index (χ1) is 16.5. The summed E-state index contributed by atoms with van der Waals surface area (Å²) in [5.74, 6) is 0.833. The van der Waals surface area contributed by atoms with Gasteiger partial charge in [0.2, 0.25) is 0 Å². The van der Waals surface area contributed by atoms with Crippen LogP contribution >= 0.6 is 0 Å². The number of benzene rings is 3. The zero-order valence-corrected chi connectivity index (χ0v) is 18.4. The van der Waals surface area contributed by atoms with Gasteiger partial charge in [-0.2, -0.15) is 9.78 Å². The monoisotopic (exact) mass is 459 g/mol. The lowest BCUT2D eigenvalue weighted by atomic mass is 10.2. The molecule has 9 nitrogen and oxygen atoms in total. The van der Waals surface area contributed by atoms with Crippen LogP contribution in [0.3, 0.4) is 0 Å². The minimum atomic E-state index is -1.04. The van der Waals surface area contributed by atoms with Crippen LogP contribution in [0, 0.1) is 0 Å². The van der Waals surface area contributed by atoms with Gasteiger partial charge in [-0.1, -0.05) is 6.07 Å². The summed E-state index contributed by atoms with van der Waals surface area (Å²) >= 11 is 0. The van der Waals surface area contributed by atoms with E-state index in [4.69, 9.17) is 19.3 Å². The molecule has 0 radical (unpaired) electrons. The van der Waals surface area contributed by atoms with E-state index in [9.17, 15) is 9.59 Å². The van der Waals surface area contributed by atoms with Crippen LogP contribution in [0.4, 0.5) is 11.4 Å². The summed E-state index contributed by atoms with van der Waals surface area (Å²) in [6, 6.07) is 19.8. The molecule has 4 aromatic rings. The molecular formula is C25H21N3O6. The van der Waals surface area contributed by atoms with Crippen molar-refractivity contribution in [3.05, 3.63) is 94.9 Å². The maximum atomic E-state index is 13.4. The fraction of sp³-hybridized carbons (Fsp3) is 0.0800. The minimum Gasteiger partial charge on any atom is -0.497 e. The smallest absolute Gasteiger partial charge is 0.335 e. The van der Waals surface area contributed by atoms with Gasteiger partial charge in [0.05, 0.1) is 31.7 Å². The Bertz CT molecular complexity index is 1370. The lowest BCUT2D eigenvalue weighted by molar-refractivity contribution is 0.0697. The van der Waals surface area contributed by atoms with Gasteiger partial charge in [0.25, 0.3) is 5.56 Å². The summed E-state index contributed by atoms with van der Waals surface area (Å²) in [4.78, 5) is 24.6. The molecule has 2 N–H and O–H groups in total. The van der Waals surface area contributed by atoms with Gasteiger partial charge < -0.3 is 24.6 Å². The molecule has 0 aliphatic rings. The van der Waals surface area contributed by atoms with Crippen molar-refractivity contribution < 1.29 is 24.1 Å². The lowest BCUT2D eigenvalue weighted by Crippen LogP contribution is -2.24. The van der Waals surface area contributed by atoms with Crippen molar-refractivity contribution >= 4 is 17.3 Å². The van der Waals surface area contributed by atoms with Gasteiger partial charge in [0.15, 0.2) is 11.4 Å². The number of aromatic nitrogens is 2. The van der Waals surface area contributed by atoms with E-state index in [0.29, 0.717) is 28.6 Å². The third-order valence-electron chi connectivity index (χ3n) is 4.93. The van der Waals surface area contributed by atoms with E-state index < -0.39 is 11.5 Å². The molecule has 0 aliphatic carbocycles. The maximum Gasteiger partial charge on any atom is 0.335 e. The van der Waals surface area contributed by atoms with Crippen LogP contribution in [-0.2, 0) is 0 Å². The second-order valence-corrected chi connectivity index (χ2v) is 7.09. The first-order valence-corrected chi connectivity index (χ1v) is 10.2. The first-order valence-electron chi connectivity index (χ1n) is 10.2. The quantitative estimate of drug-likeness (QED) is 0.397. The van der Waals surface area contributed by atoms with Crippen LogP contribution in [-0.4, -0.2) is 35.1 Å². The molecule has 0 fully saturated rings. The molecule has 0 spiro atoms. The number of rotatable bonds is 8. The summed E-state index contributed by atoms with van der Waals surface area (Å²) < 4.78 is 17.6. The molecule has 0 atom stereocenters. The topological polar surface area (TPSA) is 112 Å². The molecule has 1 heterocycles. The number of aromatic carboxylic acids is 1. The summed E-state index contributed by atoms with van der Waals surface area (Å²) in [6.45, 7) is 0. The van der Waals surface area contributed by atoms with E-state index in [0.717, 1.165) is 0 Å². The molecule has 0 amide bonds. The summed E-state index contributed by atoms with van der Waals surface area (Å²) in [7, 11) is 3.10. The fourth-order valence-corrected chi connectivity index (χ4v) is 3.17. The predicted molar refractivity (Wildman–Crippen MR) is 126 cm³/mol. The van der Waals surface area contributed by atoms with Crippen molar-refractivity contribution in [2.24, 2.45) is 0 Å². The largest absolute Gasteiger partial charge is 0.497 e. The summed E-state index contributed by atoms with van der Waals surface area (Å²) in [6.07, 6.45) is 1.43. The molecule has 9 heteroatoms. The van der Waals surface area contributed by atoms with Crippen molar-refractivity contribution in [2.45, 2.75) is 0 Å². The number of carboxylic acids is 1. The molecule has 34 heavy (non-hydrogen) atoms. The Labute approximate surface area is 194 Å². The SMILES string of the molecule is COc1ccc(-n2ncc(Oc3cccc(OC)c3)c(Nc3ccc(C(=O)O)cc3)c2=O)cc1. The molecule has 3 aromatic carbocycles. The third-order valence-corrected chi connectivity index (χ3v) is 4.93. The number of methoxy groups -OCH3 is 2. The molecule has 4 rings (SSSR count). The fourth-order valence-electron chi connectivity index (χ4n) is 3.17. The van der Waals surface area contributed by atoms with Gasteiger partial charge in [0.1, 0.15) is 17.2 Å². The highest BCUT2D eigenvalue weighted by atomic mass is 16.5. The zero-order valence-electron chi connectivity index (χ0n) is 18.4. The lowest BCUT2D eigenvalue weighted by Gasteiger charge is -2.15. The number of anilines is 2. The Morgan fingerprint density at radius 3 is 2.24 bits per heavy atom. The molecule has 0 saturated carbocycles. The molecular weight excluding hydrogens is 438 g/mol. The first kappa shape index (κ1) is 22.4. The molecule has 1 aromatic heterocycles. The Balaban J connectivity index is 1.77. The molecule has 0 saturated heterocycles. The number of nitrogens with one attached hydrogen (secondary N) is 1. The molecule has 172 valence electrons. The Morgan fingerprint density at radius 1 is 0.912 bits per heavy atom. The number of ether oxygens (including phenoxy) is 3. The van der Waals surface area contributed by atoms with Gasteiger partial charge >= 0.3 is 5.97 Å². The van der Waals surface area contributed by atoms with Gasteiger partial charge in [-0.15, -0.1) is 0 Å². The van der Waals surface area contributed by atoms with E-state index in [1.54, 1.807) is 74.9 Å². The van der Waals surface area contributed by atoms with Crippen molar-refractivity contribution in [3.8, 4) is 28.7 Å². The molecule has 0 bridgehead atoms. The Kier molecular flexibility index (Phi) is 6.45. The minimum absolute atomic E-state index is 0.122. The zero-order chi connectivity index (χ0) is 24.1. The van der Waals surface area contributed by atoms with E-state index >= 15 is 0 Å². The highest BCUT2D eigenvalue weighted by Gasteiger charge is 2.16. The van der Waals surface area contributed by atoms with Crippen molar-refractivity contribution in [3.63, 3.8) is 0 Å². The van der Waals surface area contributed by atoms with Crippen LogP contribution in [0.15, 0.2) is 83.8 Å². The number of nitrogens with zero attached hydrogens (tertiary/aromatic N) is 2. The van der Waals surface area contributed by atoms with Crippen LogP contribution in [0.1, 0.15) is 10.4 Å². The standard InChI is InChI=1S/C25H21N3O6/c1-32-19-12-10-18(11-13-19)28-24(29)23(27-17-8-6-16(7-9-17)25(30)31)22(15-26-28)34-21-5-3-4-20(14-21)33-2/h3-15,27H,1-2H3,(H,30,31). The number of hydrogen-bond donors (Lipinski definition) is 2. The highest BCUT2D eigenvalue weighted by Crippen LogP contribution is 2.30. The molecule has 0 aliphatic heterocycles. The second kappa shape index (κ2) is 9.78. The van der Waals surface area contributed by atoms with Crippen LogP contribution in [0.25, 0.3) is 5.69 Å². The van der Waals surface area contributed by atoms with Gasteiger partial charge in [-0.05, 0) is 60.7 Å². The third kappa shape index (κ3) is 4.83. The Hall–Kier alpha value is -4.79. The van der Waals surface area contributed by atoms with Crippen LogP contribution in [0.5, 0.6) is 23.0 Å². The predicted octanol–water partition coefficient (Wildman–Crippen LogP) is 4.48. The van der Waals surface area contributed by atoms with E-state index in [2.05, 4.69) is 10.4 Å². The second-order valence-electron chi connectivity index (χ2n) is 7.09. The maximum absolute atomic E-state index is 13.4. The van der Waals surface area contributed by atoms with Crippen LogP contribution in [0.2, 0.25) is 0 Å². The number of carboxylic acid groups (broad SMARTS) is 1. The van der Waals surface area contributed by atoms with E-state index in [-0.39, 0.29) is 17.0 Å². The highest BCUT2D eigenvalue weighted by molar-refractivity contribution is 5.88. The van der Waals surface area contributed by atoms with E-state index in [1.165, 1.54) is 23.0 Å². The average molecular weight is 459 g/mol.